The van der Waals surface area contributed by atoms with Gasteiger partial charge in [-0.2, -0.15) is 0 Å². The molecule has 0 aliphatic carbocycles. The highest BCUT2D eigenvalue weighted by Crippen LogP contribution is 2.61. The van der Waals surface area contributed by atoms with Crippen LogP contribution in [0.15, 0.2) is 0 Å². The summed E-state index contributed by atoms with van der Waals surface area (Å²) >= 11 is 0. The normalized spacial score (nSPS) is 12.6. The Bertz CT molecular complexity index is 339. The van der Waals surface area contributed by atoms with E-state index in [1.807, 2.05) is 0 Å². The van der Waals surface area contributed by atoms with Gasteiger partial charge in [-0.1, -0.05) is 0 Å². The summed E-state index contributed by atoms with van der Waals surface area (Å²) < 4.78 is 22.1. The molecule has 0 radical (unpaired) electrons. The van der Waals surface area contributed by atoms with Crippen molar-refractivity contribution >= 4 is 21.2 Å². The van der Waals surface area contributed by atoms with Gasteiger partial charge < -0.3 is 29.8 Å². The van der Waals surface area contributed by atoms with Gasteiger partial charge in [0, 0.05) is 13.1 Å². The molecular weight excluding hydrogens is 274 g/mol. The molecule has 0 fully saturated rings. The lowest BCUT2D eigenvalue weighted by atomic mass is 10.6. The van der Waals surface area contributed by atoms with E-state index in [1.54, 1.807) is 6.92 Å². The molecule has 0 aromatic rings. The number of amides is 2. The molecule has 11 heteroatoms. The van der Waals surface area contributed by atoms with E-state index in [-0.39, 0.29) is 13.1 Å². The molecule has 0 aromatic heterocycles. The average molecular weight is 290 g/mol. The van der Waals surface area contributed by atoms with E-state index in [1.165, 1.54) is 6.92 Å². The van der Waals surface area contributed by atoms with Crippen molar-refractivity contribution in [3.63, 3.8) is 0 Å². The van der Waals surface area contributed by atoms with Crippen LogP contribution in [0.25, 0.3) is 0 Å². The second kappa shape index (κ2) is 5.95. The Balaban J connectivity index is 5.37. The number of nitrogens with zero attached hydrogens (tertiary/aromatic N) is 1. The zero-order valence-electron chi connectivity index (χ0n) is 9.35. The zero-order valence-corrected chi connectivity index (χ0v) is 11.1. The van der Waals surface area contributed by atoms with Gasteiger partial charge in [-0.25, -0.2) is 4.79 Å². The van der Waals surface area contributed by atoms with Crippen molar-refractivity contribution in [2.24, 2.45) is 0 Å². The van der Waals surface area contributed by atoms with Crippen molar-refractivity contribution in [1.82, 2.24) is 10.2 Å². The zero-order chi connectivity index (χ0) is 13.9. The summed E-state index contributed by atoms with van der Waals surface area (Å²) in [6.45, 7) is 2.85. The third kappa shape index (κ3) is 4.75. The molecule has 2 amide bonds. The van der Waals surface area contributed by atoms with Gasteiger partial charge in [0.15, 0.2) is 0 Å². The van der Waals surface area contributed by atoms with Crippen molar-refractivity contribution in [3.05, 3.63) is 0 Å². The number of nitrogens with one attached hydrogen (secondary N) is 1. The SMILES string of the molecule is CCNC(=O)N(CC)C(P(=O)(O)O)P(=O)(O)O. The molecule has 0 aliphatic rings. The van der Waals surface area contributed by atoms with Crippen LogP contribution in [-0.4, -0.2) is 49.1 Å². The van der Waals surface area contributed by atoms with Crippen molar-refractivity contribution in [3.8, 4) is 0 Å². The summed E-state index contributed by atoms with van der Waals surface area (Å²) in [5, 5.41) is 2.22. The van der Waals surface area contributed by atoms with Crippen molar-refractivity contribution < 1.29 is 33.5 Å². The monoisotopic (exact) mass is 290 g/mol. The number of hydrogen-bond acceptors (Lipinski definition) is 3. The second-order valence-corrected chi connectivity index (χ2v) is 6.89. The summed E-state index contributed by atoms with van der Waals surface area (Å²) in [5.41, 5.74) is -2.45. The highest BCUT2D eigenvalue weighted by molar-refractivity contribution is 7.70. The fraction of sp³-hybridized carbons (Fsp3) is 0.833. The van der Waals surface area contributed by atoms with Crippen LogP contribution in [-0.2, 0) is 9.13 Å². The minimum atomic E-state index is -5.15. The molecule has 0 aliphatic heterocycles. The van der Waals surface area contributed by atoms with E-state index in [0.29, 0.717) is 4.90 Å². The van der Waals surface area contributed by atoms with Gasteiger partial charge in [0.1, 0.15) is 0 Å². The molecule has 0 bridgehead atoms. The Morgan fingerprint density at radius 3 is 1.82 bits per heavy atom. The van der Waals surface area contributed by atoms with Crippen LogP contribution in [0.3, 0.4) is 0 Å². The van der Waals surface area contributed by atoms with Crippen LogP contribution in [0.1, 0.15) is 13.8 Å². The third-order valence-electron chi connectivity index (χ3n) is 1.81. The van der Waals surface area contributed by atoms with Crippen LogP contribution < -0.4 is 5.32 Å². The lowest BCUT2D eigenvalue weighted by molar-refractivity contribution is 0.191. The summed E-state index contributed by atoms with van der Waals surface area (Å²) in [6, 6.07) is -0.938. The van der Waals surface area contributed by atoms with Crippen LogP contribution >= 0.6 is 15.2 Å². The van der Waals surface area contributed by atoms with Gasteiger partial charge in [0.25, 0.3) is 0 Å². The van der Waals surface area contributed by atoms with Gasteiger partial charge in [0.2, 0.25) is 5.52 Å². The number of rotatable bonds is 5. The minimum absolute atomic E-state index is 0.171. The van der Waals surface area contributed by atoms with Crippen molar-refractivity contribution in [1.29, 1.82) is 0 Å². The number of carbonyl (C=O) groups is 1. The maximum absolute atomic E-state index is 11.4. The summed E-state index contributed by atoms with van der Waals surface area (Å²) in [4.78, 5) is 47.6. The Labute approximate surface area is 98.1 Å². The highest BCUT2D eigenvalue weighted by Gasteiger charge is 2.49. The molecular formula is C6H16N2O7P2. The van der Waals surface area contributed by atoms with Crippen LogP contribution in [0, 0.1) is 0 Å². The van der Waals surface area contributed by atoms with Crippen LogP contribution in [0.4, 0.5) is 4.79 Å². The van der Waals surface area contributed by atoms with Gasteiger partial charge in [0.05, 0.1) is 0 Å². The Hall–Kier alpha value is -0.430. The van der Waals surface area contributed by atoms with Gasteiger partial charge >= 0.3 is 21.2 Å². The minimum Gasteiger partial charge on any atom is -0.338 e. The first-order chi connectivity index (χ1) is 7.55. The molecule has 17 heavy (non-hydrogen) atoms. The molecule has 0 unspecified atom stereocenters. The van der Waals surface area contributed by atoms with E-state index < -0.39 is 26.7 Å². The molecule has 9 nitrogen and oxygen atoms in total. The molecule has 0 rings (SSSR count). The van der Waals surface area contributed by atoms with Crippen molar-refractivity contribution in [2.45, 2.75) is 19.4 Å². The molecule has 0 saturated carbocycles. The van der Waals surface area contributed by atoms with E-state index in [4.69, 9.17) is 19.6 Å². The predicted molar refractivity (Wildman–Crippen MR) is 59.3 cm³/mol. The lowest BCUT2D eigenvalue weighted by Gasteiger charge is -2.31. The fourth-order valence-electron chi connectivity index (χ4n) is 1.22. The average Bonchev–Trinajstić information content (AvgIpc) is 2.09. The van der Waals surface area contributed by atoms with Crippen LogP contribution in [0.2, 0.25) is 0 Å². The molecule has 0 heterocycles. The van der Waals surface area contributed by atoms with E-state index >= 15 is 0 Å². The van der Waals surface area contributed by atoms with Gasteiger partial charge in [-0.3, -0.25) is 9.13 Å². The topological polar surface area (TPSA) is 147 Å². The first kappa shape index (κ1) is 16.6. The Morgan fingerprint density at radius 2 is 1.59 bits per heavy atom. The van der Waals surface area contributed by atoms with E-state index in [2.05, 4.69) is 5.32 Å². The largest absolute Gasteiger partial charge is 0.360 e. The molecule has 0 spiro atoms. The summed E-state index contributed by atoms with van der Waals surface area (Å²) in [5.74, 6) is 0. The van der Waals surface area contributed by atoms with Gasteiger partial charge in [-0.15, -0.1) is 0 Å². The standard InChI is InChI=1S/C6H16N2O7P2/c1-3-7-5(9)8(4-2)6(16(10,11)12)17(13,14)15/h6H,3-4H2,1-2H3,(H,7,9)(H2,10,11,12)(H2,13,14,15). The molecule has 102 valence electrons. The predicted octanol–water partition coefficient (Wildman–Crippen LogP) is -0.323. The highest BCUT2D eigenvalue weighted by atomic mass is 31.2. The molecule has 0 atom stereocenters. The smallest absolute Gasteiger partial charge is 0.338 e. The van der Waals surface area contributed by atoms with Crippen LogP contribution in [0.5, 0.6) is 0 Å². The summed E-state index contributed by atoms with van der Waals surface area (Å²) in [6.07, 6.45) is 0. The summed E-state index contributed by atoms with van der Waals surface area (Å²) in [7, 11) is -10.3. The van der Waals surface area contributed by atoms with Gasteiger partial charge in [-0.05, 0) is 13.8 Å². The molecule has 0 saturated heterocycles. The van der Waals surface area contributed by atoms with E-state index in [9.17, 15) is 13.9 Å². The maximum Gasteiger partial charge on any atom is 0.360 e. The molecule has 5 N–H and O–H groups in total. The quantitative estimate of drug-likeness (QED) is 0.436. The number of urea groups is 1. The third-order valence-corrected chi connectivity index (χ3v) is 5.38. The first-order valence-corrected chi connectivity index (χ1v) is 8.06. The number of hydrogen-bond donors (Lipinski definition) is 5. The number of carbonyl (C=O) groups excluding carboxylic acids is 1. The fourth-order valence-corrected chi connectivity index (χ4v) is 4.05. The second-order valence-electron chi connectivity index (χ2n) is 3.15. The Kier molecular flexibility index (Phi) is 5.80. The molecule has 0 aromatic carbocycles. The Morgan fingerprint density at radius 1 is 1.18 bits per heavy atom. The van der Waals surface area contributed by atoms with Crippen molar-refractivity contribution in [2.75, 3.05) is 13.1 Å². The maximum atomic E-state index is 11.4. The lowest BCUT2D eigenvalue weighted by Crippen LogP contribution is -2.45. The first-order valence-electron chi connectivity index (χ1n) is 4.70. The van der Waals surface area contributed by atoms with E-state index in [0.717, 1.165) is 0 Å².